The maximum absolute atomic E-state index is 12.7. The third-order valence-corrected chi connectivity index (χ3v) is 13.0. The van der Waals surface area contributed by atoms with E-state index in [9.17, 15) is 40.2 Å². The first kappa shape index (κ1) is 32.1. The van der Waals surface area contributed by atoms with Gasteiger partial charge in [0, 0.05) is 6.42 Å². The van der Waals surface area contributed by atoms with Crippen molar-refractivity contribution in [3.05, 3.63) is 0 Å². The first-order valence-corrected chi connectivity index (χ1v) is 16.2. The van der Waals surface area contributed by atoms with Gasteiger partial charge in [0.2, 0.25) is 6.29 Å². The molecule has 4 saturated carbocycles. The van der Waals surface area contributed by atoms with Crippen molar-refractivity contribution in [2.75, 3.05) is 0 Å². The van der Waals surface area contributed by atoms with Gasteiger partial charge < -0.3 is 40.1 Å². The van der Waals surface area contributed by atoms with Gasteiger partial charge in [-0.3, -0.25) is 4.79 Å². The Morgan fingerprint density at radius 2 is 1.55 bits per heavy atom. The summed E-state index contributed by atoms with van der Waals surface area (Å²) in [6.45, 7) is 9.16. The number of hydrogen-bond acceptors (Lipinski definition) is 9. The Morgan fingerprint density at radius 3 is 2.21 bits per heavy atom. The Labute approximate surface area is 248 Å². The molecule has 1 aliphatic heterocycles. The summed E-state index contributed by atoms with van der Waals surface area (Å²) in [7, 11) is 0. The number of aliphatic carboxylic acids is 1. The number of carbonyl (C=O) groups excluding carboxylic acids is 1. The van der Waals surface area contributed by atoms with E-state index in [0.717, 1.165) is 51.4 Å². The number of carbonyl (C=O) groups is 2. The first-order chi connectivity index (χ1) is 19.7. The molecule has 0 aromatic carbocycles. The van der Waals surface area contributed by atoms with Gasteiger partial charge in [0.05, 0.1) is 12.2 Å². The molecular weight excluding hydrogens is 544 g/mol. The summed E-state index contributed by atoms with van der Waals surface area (Å²) in [4.78, 5) is 24.1. The molecule has 16 atom stereocenters. The molecule has 10 nitrogen and oxygen atoms in total. The lowest BCUT2D eigenvalue weighted by molar-refractivity contribution is -0.286. The predicted molar refractivity (Wildman–Crippen MR) is 151 cm³/mol. The number of fused-ring (bicyclic) bond motifs is 5. The van der Waals surface area contributed by atoms with Crippen LogP contribution in [0.15, 0.2) is 0 Å². The summed E-state index contributed by atoms with van der Waals surface area (Å²) in [6, 6.07) is 0. The minimum atomic E-state index is -1.84. The second-order valence-electron chi connectivity index (χ2n) is 14.9. The maximum atomic E-state index is 12.7. The first-order valence-electron chi connectivity index (χ1n) is 16.2. The SMILES string of the molecule is CC[C@H]1[C@@H](O)[C@@H]2[C@H](CC[C@]3(C)[C@@H]([C@H](C)CCC(=O)O[C@@H]4O[C@H](C(=O)O)[C@@H](O)[C@H](O)[C@H]4O)CC[C@@H]23)[C@@]2(C)CC[C@@H](O)C[C@@H]12. The highest BCUT2D eigenvalue weighted by Gasteiger charge is 2.65. The smallest absolute Gasteiger partial charge is 0.335 e. The van der Waals surface area contributed by atoms with Crippen LogP contribution in [0.5, 0.6) is 0 Å². The fraction of sp³-hybridized carbons (Fsp3) is 0.938. The van der Waals surface area contributed by atoms with Crippen LogP contribution in [0.1, 0.15) is 91.9 Å². The molecule has 0 unspecified atom stereocenters. The van der Waals surface area contributed by atoms with Gasteiger partial charge in [-0.15, -0.1) is 0 Å². The molecule has 0 aromatic rings. The van der Waals surface area contributed by atoms with Gasteiger partial charge in [0.1, 0.15) is 18.3 Å². The van der Waals surface area contributed by atoms with Gasteiger partial charge in [-0.1, -0.05) is 34.1 Å². The molecule has 0 amide bonds. The highest BCUT2D eigenvalue weighted by atomic mass is 16.7. The van der Waals surface area contributed by atoms with Crippen molar-refractivity contribution in [3.8, 4) is 0 Å². The van der Waals surface area contributed by atoms with E-state index in [-0.39, 0.29) is 47.2 Å². The maximum Gasteiger partial charge on any atom is 0.335 e. The topological polar surface area (TPSA) is 174 Å². The third kappa shape index (κ3) is 5.21. The van der Waals surface area contributed by atoms with E-state index in [1.54, 1.807) is 0 Å². The standard InChI is InChI=1S/C32H52O10/c1-5-17-21-14-16(33)10-12-32(21,4)20-11-13-31(3)18(7-8-19(31)23(20)24(17)35)15(2)6-9-22(34)41-30-27(38)25(36)26(37)28(42-30)29(39)40/h15-21,23-28,30,33,35-38H,5-14H2,1-4H3,(H,39,40)/t15-,16-,17-,18-,19+,20+,21+,23+,24-,25+,26+,27-,28+,30-,31-,32-/m1/s1. The average molecular weight is 597 g/mol. The lowest BCUT2D eigenvalue weighted by Crippen LogP contribution is -2.62. The number of rotatable bonds is 7. The van der Waals surface area contributed by atoms with Crippen LogP contribution in [0.2, 0.25) is 0 Å². The van der Waals surface area contributed by atoms with Crippen molar-refractivity contribution >= 4 is 11.9 Å². The largest absolute Gasteiger partial charge is 0.479 e. The van der Waals surface area contributed by atoms with Gasteiger partial charge >= 0.3 is 11.9 Å². The van der Waals surface area contributed by atoms with Gasteiger partial charge in [-0.25, -0.2) is 4.79 Å². The summed E-state index contributed by atoms with van der Waals surface area (Å²) >= 11 is 0. The molecule has 6 N–H and O–H groups in total. The quantitative estimate of drug-likeness (QED) is 0.240. The minimum absolute atomic E-state index is 0.0516. The van der Waals surface area contributed by atoms with Gasteiger partial charge in [-0.05, 0) is 104 Å². The minimum Gasteiger partial charge on any atom is -0.479 e. The summed E-state index contributed by atoms with van der Waals surface area (Å²) in [5, 5.41) is 61.7. The number of carboxylic acids is 1. The van der Waals surface area contributed by atoms with Crippen molar-refractivity contribution in [2.45, 2.75) is 135 Å². The number of aliphatic hydroxyl groups is 5. The van der Waals surface area contributed by atoms with Crippen molar-refractivity contribution in [3.63, 3.8) is 0 Å². The Kier molecular flexibility index (Phi) is 9.09. The second kappa shape index (κ2) is 11.9. The van der Waals surface area contributed by atoms with Crippen molar-refractivity contribution < 1.29 is 49.7 Å². The summed E-state index contributed by atoms with van der Waals surface area (Å²) in [5.74, 6) is 0.0872. The third-order valence-electron chi connectivity index (χ3n) is 13.0. The zero-order valence-electron chi connectivity index (χ0n) is 25.5. The van der Waals surface area contributed by atoms with Crippen LogP contribution < -0.4 is 0 Å². The molecular formula is C32H52O10. The molecule has 42 heavy (non-hydrogen) atoms. The van der Waals surface area contributed by atoms with Crippen LogP contribution in [0.3, 0.4) is 0 Å². The molecule has 5 fully saturated rings. The predicted octanol–water partition coefficient (Wildman–Crippen LogP) is 2.46. The number of ether oxygens (including phenoxy) is 2. The summed E-state index contributed by atoms with van der Waals surface area (Å²) < 4.78 is 10.3. The highest BCUT2D eigenvalue weighted by Crippen LogP contribution is 2.69. The molecule has 240 valence electrons. The average Bonchev–Trinajstić information content (AvgIpc) is 3.30. The molecule has 0 aromatic heterocycles. The van der Waals surface area contributed by atoms with Crippen LogP contribution in [-0.2, 0) is 19.1 Å². The van der Waals surface area contributed by atoms with E-state index in [1.807, 2.05) is 0 Å². The zero-order valence-corrected chi connectivity index (χ0v) is 25.5. The Bertz CT molecular complexity index is 1010. The molecule has 0 bridgehead atoms. The summed E-state index contributed by atoms with van der Waals surface area (Å²) in [5.41, 5.74) is 0.201. The van der Waals surface area contributed by atoms with Crippen LogP contribution in [0.4, 0.5) is 0 Å². The van der Waals surface area contributed by atoms with Crippen LogP contribution >= 0.6 is 0 Å². The molecule has 10 heteroatoms. The van der Waals surface area contributed by atoms with E-state index in [2.05, 4.69) is 27.7 Å². The molecule has 0 spiro atoms. The second-order valence-corrected chi connectivity index (χ2v) is 14.9. The number of esters is 1. The van der Waals surface area contributed by atoms with Crippen molar-refractivity contribution in [2.24, 2.45) is 52.3 Å². The fourth-order valence-electron chi connectivity index (χ4n) is 10.8. The van der Waals surface area contributed by atoms with E-state index in [0.29, 0.717) is 30.1 Å². The number of hydrogen-bond donors (Lipinski definition) is 6. The molecule has 1 saturated heterocycles. The normalized spacial score (nSPS) is 51.1. The van der Waals surface area contributed by atoms with E-state index < -0.39 is 42.6 Å². The highest BCUT2D eigenvalue weighted by molar-refractivity contribution is 5.73. The molecule has 0 radical (unpaired) electrons. The molecule has 1 heterocycles. The van der Waals surface area contributed by atoms with E-state index in [1.165, 1.54) is 0 Å². The van der Waals surface area contributed by atoms with Crippen LogP contribution in [-0.4, -0.2) is 85.5 Å². The monoisotopic (exact) mass is 596 g/mol. The lowest BCUT2D eigenvalue weighted by Gasteiger charge is -2.64. The van der Waals surface area contributed by atoms with Crippen molar-refractivity contribution in [1.29, 1.82) is 0 Å². The Balaban J connectivity index is 1.23. The molecule has 4 aliphatic carbocycles. The van der Waals surface area contributed by atoms with Crippen LogP contribution in [0.25, 0.3) is 0 Å². The summed E-state index contributed by atoms with van der Waals surface area (Å²) in [6.07, 6.45) is -1.07. The van der Waals surface area contributed by atoms with Crippen LogP contribution in [0, 0.1) is 52.3 Å². The lowest BCUT2D eigenvalue weighted by atomic mass is 9.41. The Hall–Kier alpha value is -1.30. The van der Waals surface area contributed by atoms with E-state index in [4.69, 9.17) is 9.47 Å². The number of carboxylic acid groups (broad SMARTS) is 1. The van der Waals surface area contributed by atoms with Gasteiger partial charge in [0.15, 0.2) is 6.10 Å². The molecule has 5 rings (SSSR count). The molecule has 5 aliphatic rings. The van der Waals surface area contributed by atoms with E-state index >= 15 is 0 Å². The Morgan fingerprint density at radius 1 is 0.881 bits per heavy atom. The van der Waals surface area contributed by atoms with Crippen molar-refractivity contribution in [1.82, 2.24) is 0 Å². The number of aliphatic hydroxyl groups excluding tert-OH is 5. The van der Waals surface area contributed by atoms with Gasteiger partial charge in [0.25, 0.3) is 0 Å². The zero-order chi connectivity index (χ0) is 30.7. The van der Waals surface area contributed by atoms with Gasteiger partial charge in [-0.2, -0.15) is 0 Å². The fourth-order valence-corrected chi connectivity index (χ4v) is 10.8.